The quantitative estimate of drug-likeness (QED) is 0.488. The van der Waals surface area contributed by atoms with Gasteiger partial charge in [-0.1, -0.05) is 29.8 Å². The van der Waals surface area contributed by atoms with Crippen molar-refractivity contribution in [1.82, 2.24) is 4.98 Å². The number of ether oxygens (including phenoxy) is 1. The molecule has 0 aliphatic heterocycles. The van der Waals surface area contributed by atoms with Gasteiger partial charge in [0.1, 0.15) is 16.7 Å². The number of halogens is 1. The molecule has 0 aliphatic rings. The Morgan fingerprint density at radius 1 is 1.24 bits per heavy atom. The molecule has 0 unspecified atom stereocenters. The van der Waals surface area contributed by atoms with Gasteiger partial charge in [0.05, 0.1) is 12.3 Å². The van der Waals surface area contributed by atoms with Gasteiger partial charge in [-0.15, -0.1) is 0 Å². The molecule has 0 bridgehead atoms. The molecule has 6 heteroatoms. The number of carbonyl (C=O) groups is 1. The van der Waals surface area contributed by atoms with Crippen LogP contribution >= 0.6 is 11.6 Å². The van der Waals surface area contributed by atoms with Gasteiger partial charge in [-0.25, -0.2) is 4.98 Å². The lowest BCUT2D eigenvalue weighted by Gasteiger charge is -2.08. The number of nitrogens with one attached hydrogen (secondary N) is 1. The van der Waals surface area contributed by atoms with Gasteiger partial charge >= 0.3 is 0 Å². The highest BCUT2D eigenvalue weighted by molar-refractivity contribution is 6.29. The molecule has 21 heavy (non-hydrogen) atoms. The molecule has 1 aromatic heterocycles. The minimum Gasteiger partial charge on any atom is -0.491 e. The van der Waals surface area contributed by atoms with Crippen molar-refractivity contribution in [3.05, 3.63) is 47.6 Å². The number of carbonyl (C=O) groups excluding carboxylic acids is 1. The molecule has 0 saturated heterocycles. The summed E-state index contributed by atoms with van der Waals surface area (Å²) in [5.74, 6) is 0.949. The lowest BCUT2D eigenvalue weighted by atomic mass is 10.3. The number of benzene rings is 1. The highest BCUT2D eigenvalue weighted by Gasteiger charge is 2.04. The van der Waals surface area contributed by atoms with Crippen LogP contribution in [0.2, 0.25) is 5.15 Å². The molecular formula is C15H16ClN3O2. The third kappa shape index (κ3) is 4.96. The number of para-hydroxylation sites is 2. The smallest absolute Gasteiger partial charge is 0.225 e. The Morgan fingerprint density at radius 2 is 2.05 bits per heavy atom. The molecule has 2 rings (SSSR count). The van der Waals surface area contributed by atoms with Crippen LogP contribution in [0.4, 0.5) is 11.5 Å². The van der Waals surface area contributed by atoms with Gasteiger partial charge in [0.25, 0.3) is 0 Å². The molecule has 0 fully saturated rings. The van der Waals surface area contributed by atoms with Crippen LogP contribution < -0.4 is 15.8 Å². The molecule has 0 radical (unpaired) electrons. The van der Waals surface area contributed by atoms with Gasteiger partial charge in [-0.05, 0) is 30.7 Å². The van der Waals surface area contributed by atoms with E-state index >= 15 is 0 Å². The van der Waals surface area contributed by atoms with E-state index in [1.165, 1.54) is 0 Å². The number of nitrogens with zero attached hydrogens (tertiary/aromatic N) is 1. The van der Waals surface area contributed by atoms with E-state index in [2.05, 4.69) is 10.3 Å². The van der Waals surface area contributed by atoms with E-state index in [0.717, 1.165) is 0 Å². The predicted octanol–water partition coefficient (Wildman–Crippen LogP) is 3.11. The van der Waals surface area contributed by atoms with Gasteiger partial charge < -0.3 is 15.8 Å². The molecule has 3 N–H and O–H groups in total. The van der Waals surface area contributed by atoms with E-state index in [1.807, 2.05) is 12.1 Å². The fourth-order valence-electron chi connectivity index (χ4n) is 1.71. The zero-order chi connectivity index (χ0) is 15.1. The number of pyridine rings is 1. The summed E-state index contributed by atoms with van der Waals surface area (Å²) in [6.45, 7) is 0.421. The first-order chi connectivity index (χ1) is 10.1. The van der Waals surface area contributed by atoms with Crippen molar-refractivity contribution >= 4 is 29.0 Å². The summed E-state index contributed by atoms with van der Waals surface area (Å²) < 4.78 is 5.51. The largest absolute Gasteiger partial charge is 0.491 e. The van der Waals surface area contributed by atoms with Crippen LogP contribution in [0.15, 0.2) is 42.5 Å². The number of amides is 1. The van der Waals surface area contributed by atoms with Gasteiger partial charge in [0.15, 0.2) is 0 Å². The van der Waals surface area contributed by atoms with Gasteiger partial charge in [0.2, 0.25) is 5.91 Å². The van der Waals surface area contributed by atoms with Gasteiger partial charge in [-0.3, -0.25) is 4.79 Å². The molecule has 1 heterocycles. The van der Waals surface area contributed by atoms with E-state index < -0.39 is 0 Å². The van der Waals surface area contributed by atoms with E-state index in [4.69, 9.17) is 22.1 Å². The molecule has 110 valence electrons. The molecular weight excluding hydrogens is 290 g/mol. The van der Waals surface area contributed by atoms with Crippen molar-refractivity contribution < 1.29 is 9.53 Å². The van der Waals surface area contributed by atoms with Crippen molar-refractivity contribution in [2.24, 2.45) is 0 Å². The molecule has 0 atom stereocenters. The summed E-state index contributed by atoms with van der Waals surface area (Å²) in [6, 6.07) is 12.3. The van der Waals surface area contributed by atoms with Crippen molar-refractivity contribution in [3.63, 3.8) is 0 Å². The zero-order valence-electron chi connectivity index (χ0n) is 11.4. The van der Waals surface area contributed by atoms with E-state index in [1.54, 1.807) is 30.3 Å². The van der Waals surface area contributed by atoms with E-state index in [0.29, 0.717) is 41.9 Å². The predicted molar refractivity (Wildman–Crippen MR) is 83.5 cm³/mol. The summed E-state index contributed by atoms with van der Waals surface area (Å²) in [6.07, 6.45) is 0.918. The minimum atomic E-state index is -0.130. The number of rotatable bonds is 6. The second kappa shape index (κ2) is 7.50. The fraction of sp³-hybridized carbons (Fsp3) is 0.200. The van der Waals surface area contributed by atoms with E-state index in [9.17, 15) is 4.79 Å². The van der Waals surface area contributed by atoms with Crippen molar-refractivity contribution in [2.45, 2.75) is 12.8 Å². The third-order valence-corrected chi connectivity index (χ3v) is 2.92. The lowest BCUT2D eigenvalue weighted by Crippen LogP contribution is -2.13. The monoisotopic (exact) mass is 305 g/mol. The summed E-state index contributed by atoms with van der Waals surface area (Å²) in [7, 11) is 0. The number of anilines is 2. The molecule has 0 aliphatic carbocycles. The second-order valence-electron chi connectivity index (χ2n) is 4.38. The lowest BCUT2D eigenvalue weighted by molar-refractivity contribution is -0.116. The molecule has 0 spiro atoms. The molecule has 1 amide bonds. The van der Waals surface area contributed by atoms with Crippen LogP contribution in [0.25, 0.3) is 0 Å². The number of nitrogen functional groups attached to an aromatic ring is 1. The topological polar surface area (TPSA) is 77.2 Å². The maximum absolute atomic E-state index is 11.7. The highest BCUT2D eigenvalue weighted by Crippen LogP contribution is 2.19. The van der Waals surface area contributed by atoms with Gasteiger partial charge in [0, 0.05) is 6.42 Å². The number of nitrogens with two attached hydrogens (primary N) is 1. The minimum absolute atomic E-state index is 0.130. The van der Waals surface area contributed by atoms with Crippen molar-refractivity contribution in [2.75, 3.05) is 17.7 Å². The van der Waals surface area contributed by atoms with E-state index in [-0.39, 0.29) is 5.91 Å². The number of aromatic nitrogens is 1. The fourth-order valence-corrected chi connectivity index (χ4v) is 1.87. The standard InChI is InChI=1S/C15H16ClN3O2/c16-13-7-3-8-14(18-13)19-15(20)9-4-10-21-12-6-2-1-5-11(12)17/h1-3,5-8H,4,9-10,17H2,(H,18,19,20). The summed E-state index contributed by atoms with van der Waals surface area (Å²) in [5, 5.41) is 3.02. The SMILES string of the molecule is Nc1ccccc1OCCCC(=O)Nc1cccc(Cl)n1. The van der Waals surface area contributed by atoms with Crippen LogP contribution in [-0.4, -0.2) is 17.5 Å². The Bertz CT molecular complexity index is 619. The van der Waals surface area contributed by atoms with Crippen molar-refractivity contribution in [1.29, 1.82) is 0 Å². The molecule has 0 saturated carbocycles. The van der Waals surface area contributed by atoms with Crippen LogP contribution in [0.1, 0.15) is 12.8 Å². The van der Waals surface area contributed by atoms with Crippen LogP contribution in [0.3, 0.4) is 0 Å². The average molecular weight is 306 g/mol. The van der Waals surface area contributed by atoms with Crippen LogP contribution in [0, 0.1) is 0 Å². The molecule has 1 aromatic carbocycles. The number of hydrogen-bond donors (Lipinski definition) is 2. The Kier molecular flexibility index (Phi) is 5.40. The Balaban J connectivity index is 1.71. The summed E-state index contributed by atoms with van der Waals surface area (Å²) >= 11 is 5.74. The van der Waals surface area contributed by atoms with Gasteiger partial charge in [-0.2, -0.15) is 0 Å². The first-order valence-corrected chi connectivity index (χ1v) is 6.92. The third-order valence-electron chi connectivity index (χ3n) is 2.71. The molecule has 2 aromatic rings. The normalized spacial score (nSPS) is 10.1. The first kappa shape index (κ1) is 15.1. The Labute approximate surface area is 128 Å². The van der Waals surface area contributed by atoms with Crippen LogP contribution in [-0.2, 0) is 4.79 Å². The maximum atomic E-state index is 11.7. The highest BCUT2D eigenvalue weighted by atomic mass is 35.5. The van der Waals surface area contributed by atoms with Crippen LogP contribution in [0.5, 0.6) is 5.75 Å². The zero-order valence-corrected chi connectivity index (χ0v) is 12.1. The number of hydrogen-bond acceptors (Lipinski definition) is 4. The molecule has 5 nitrogen and oxygen atoms in total. The summed E-state index contributed by atoms with van der Waals surface area (Å²) in [5.41, 5.74) is 6.34. The maximum Gasteiger partial charge on any atom is 0.225 e. The Morgan fingerprint density at radius 3 is 2.81 bits per heavy atom. The van der Waals surface area contributed by atoms with Crippen molar-refractivity contribution in [3.8, 4) is 5.75 Å². The Hall–Kier alpha value is -2.27. The second-order valence-corrected chi connectivity index (χ2v) is 4.77. The first-order valence-electron chi connectivity index (χ1n) is 6.55. The summed E-state index contributed by atoms with van der Waals surface area (Å²) in [4.78, 5) is 15.7. The average Bonchev–Trinajstić information content (AvgIpc) is 2.45.